The second-order valence-electron chi connectivity index (χ2n) is 4.17. The van der Waals surface area contributed by atoms with E-state index in [1.165, 1.54) is 22.9 Å². The number of nitrogens with one attached hydrogen (secondary N) is 1. The summed E-state index contributed by atoms with van der Waals surface area (Å²) >= 11 is 0. The van der Waals surface area contributed by atoms with E-state index in [4.69, 9.17) is 11.0 Å². The Morgan fingerprint density at radius 2 is 1.95 bits per heavy atom. The molecular weight excluding hydrogens is 256 g/mol. The van der Waals surface area contributed by atoms with Gasteiger partial charge in [0.05, 0.1) is 11.6 Å². The second-order valence-corrected chi connectivity index (χ2v) is 4.17. The lowest BCUT2D eigenvalue weighted by molar-refractivity contribution is -0.116. The Morgan fingerprint density at radius 3 is 2.60 bits per heavy atom. The molecule has 0 aliphatic rings. The van der Waals surface area contributed by atoms with Crippen LogP contribution in [0.15, 0.2) is 47.4 Å². The highest BCUT2D eigenvalue weighted by Gasteiger charge is 2.05. The van der Waals surface area contributed by atoms with Crippen LogP contribution in [0.5, 0.6) is 0 Å². The predicted molar refractivity (Wildman–Crippen MR) is 74.9 cm³/mol. The summed E-state index contributed by atoms with van der Waals surface area (Å²) in [7, 11) is 0. The Bertz CT molecular complexity index is 726. The third-order valence-electron chi connectivity index (χ3n) is 2.62. The van der Waals surface area contributed by atoms with Gasteiger partial charge in [-0.2, -0.15) is 5.26 Å². The molecule has 3 N–H and O–H groups in total. The first-order valence-electron chi connectivity index (χ1n) is 5.84. The van der Waals surface area contributed by atoms with Gasteiger partial charge in [0, 0.05) is 23.6 Å². The lowest BCUT2D eigenvalue weighted by Crippen LogP contribution is -2.27. The van der Waals surface area contributed by atoms with Gasteiger partial charge in [0.25, 0.3) is 5.56 Å². The van der Waals surface area contributed by atoms with Crippen LogP contribution in [-0.2, 0) is 11.3 Å². The van der Waals surface area contributed by atoms with Gasteiger partial charge >= 0.3 is 0 Å². The van der Waals surface area contributed by atoms with Crippen molar-refractivity contribution in [2.24, 2.45) is 0 Å². The van der Waals surface area contributed by atoms with E-state index < -0.39 is 0 Å². The van der Waals surface area contributed by atoms with Crippen molar-refractivity contribution in [1.82, 2.24) is 4.57 Å². The molecule has 20 heavy (non-hydrogen) atoms. The molecule has 6 nitrogen and oxygen atoms in total. The van der Waals surface area contributed by atoms with Gasteiger partial charge in [-0.1, -0.05) is 0 Å². The topological polar surface area (TPSA) is 101 Å². The predicted octanol–water partition coefficient (Wildman–Crippen LogP) is 0.941. The third-order valence-corrected chi connectivity index (χ3v) is 2.62. The number of amides is 1. The smallest absolute Gasteiger partial charge is 0.251 e. The molecule has 2 aromatic rings. The van der Waals surface area contributed by atoms with E-state index in [1.54, 1.807) is 24.3 Å². The number of carbonyl (C=O) groups is 1. The van der Waals surface area contributed by atoms with E-state index in [9.17, 15) is 9.59 Å². The summed E-state index contributed by atoms with van der Waals surface area (Å²) in [5, 5.41) is 11.3. The molecule has 6 heteroatoms. The number of hydrogen-bond donors (Lipinski definition) is 2. The van der Waals surface area contributed by atoms with Gasteiger partial charge in [0.2, 0.25) is 5.91 Å². The first-order valence-corrected chi connectivity index (χ1v) is 5.84. The SMILES string of the molecule is N#Cc1ccc(NC(=O)Cn2cc(N)ccc2=O)cc1. The molecule has 100 valence electrons. The van der Waals surface area contributed by atoms with E-state index in [0.717, 1.165) is 0 Å². The molecule has 0 fully saturated rings. The number of hydrogen-bond acceptors (Lipinski definition) is 4. The molecule has 1 heterocycles. The Morgan fingerprint density at radius 1 is 1.25 bits per heavy atom. The number of pyridine rings is 1. The summed E-state index contributed by atoms with van der Waals surface area (Å²) in [4.78, 5) is 23.4. The van der Waals surface area contributed by atoms with Gasteiger partial charge in [-0.05, 0) is 30.3 Å². The first-order chi connectivity index (χ1) is 9.58. The van der Waals surface area contributed by atoms with E-state index in [-0.39, 0.29) is 18.0 Å². The monoisotopic (exact) mass is 268 g/mol. The third kappa shape index (κ3) is 3.23. The molecule has 2 rings (SSSR count). The molecule has 0 aliphatic heterocycles. The van der Waals surface area contributed by atoms with Crippen LogP contribution in [0.2, 0.25) is 0 Å². The molecule has 0 spiro atoms. The molecule has 1 amide bonds. The maximum absolute atomic E-state index is 11.8. The van der Waals surface area contributed by atoms with Crippen molar-refractivity contribution in [3.8, 4) is 6.07 Å². The van der Waals surface area contributed by atoms with Crippen molar-refractivity contribution >= 4 is 17.3 Å². The molecule has 0 unspecified atom stereocenters. The van der Waals surface area contributed by atoms with Crippen molar-refractivity contribution in [3.63, 3.8) is 0 Å². The van der Waals surface area contributed by atoms with Crippen molar-refractivity contribution in [2.45, 2.75) is 6.54 Å². The zero-order valence-corrected chi connectivity index (χ0v) is 10.5. The number of nitrogens with zero attached hydrogens (tertiary/aromatic N) is 2. The van der Waals surface area contributed by atoms with Crippen LogP contribution >= 0.6 is 0 Å². The fourth-order valence-corrected chi connectivity index (χ4v) is 1.66. The van der Waals surface area contributed by atoms with Crippen LogP contribution in [-0.4, -0.2) is 10.5 Å². The molecule has 1 aromatic carbocycles. The summed E-state index contributed by atoms with van der Waals surface area (Å²) in [6, 6.07) is 11.2. The minimum absolute atomic E-state index is 0.121. The largest absolute Gasteiger partial charge is 0.398 e. The summed E-state index contributed by atoms with van der Waals surface area (Å²) in [5.74, 6) is -0.345. The summed E-state index contributed by atoms with van der Waals surface area (Å²) < 4.78 is 1.23. The van der Waals surface area contributed by atoms with E-state index in [0.29, 0.717) is 16.9 Å². The summed E-state index contributed by atoms with van der Waals surface area (Å²) in [6.45, 7) is -0.121. The zero-order chi connectivity index (χ0) is 14.5. The average Bonchev–Trinajstić information content (AvgIpc) is 2.43. The van der Waals surface area contributed by atoms with E-state index >= 15 is 0 Å². The van der Waals surface area contributed by atoms with Crippen LogP contribution in [0.4, 0.5) is 11.4 Å². The van der Waals surface area contributed by atoms with E-state index in [2.05, 4.69) is 5.32 Å². The van der Waals surface area contributed by atoms with Gasteiger partial charge in [-0.3, -0.25) is 9.59 Å². The van der Waals surface area contributed by atoms with Crippen LogP contribution < -0.4 is 16.6 Å². The average molecular weight is 268 g/mol. The fraction of sp³-hybridized carbons (Fsp3) is 0.0714. The lowest BCUT2D eigenvalue weighted by atomic mass is 10.2. The molecule has 1 aromatic heterocycles. The number of aromatic nitrogens is 1. The maximum Gasteiger partial charge on any atom is 0.251 e. The molecule has 0 saturated carbocycles. The highest BCUT2D eigenvalue weighted by atomic mass is 16.2. The highest BCUT2D eigenvalue weighted by molar-refractivity contribution is 5.90. The molecule has 0 bridgehead atoms. The lowest BCUT2D eigenvalue weighted by Gasteiger charge is -2.07. The van der Waals surface area contributed by atoms with Crippen LogP contribution in [0, 0.1) is 11.3 Å². The second kappa shape index (κ2) is 5.71. The number of nitrogens with two attached hydrogens (primary N) is 1. The summed E-state index contributed by atoms with van der Waals surface area (Å²) in [6.07, 6.45) is 1.42. The number of nitriles is 1. The standard InChI is InChI=1S/C14H12N4O2/c15-7-10-1-4-12(5-2-10)17-13(19)9-18-8-11(16)3-6-14(18)20/h1-6,8H,9,16H2,(H,17,19). The van der Waals surface area contributed by atoms with Crippen molar-refractivity contribution in [3.05, 3.63) is 58.5 Å². The van der Waals surface area contributed by atoms with Crippen LogP contribution in [0.1, 0.15) is 5.56 Å². The Kier molecular flexibility index (Phi) is 3.82. The quantitative estimate of drug-likeness (QED) is 0.865. The van der Waals surface area contributed by atoms with E-state index in [1.807, 2.05) is 6.07 Å². The van der Waals surface area contributed by atoms with Crippen LogP contribution in [0.3, 0.4) is 0 Å². The van der Waals surface area contributed by atoms with Gasteiger partial charge < -0.3 is 15.6 Å². The molecular formula is C14H12N4O2. The maximum atomic E-state index is 11.8. The number of anilines is 2. The normalized spacial score (nSPS) is 9.75. The molecule has 0 radical (unpaired) electrons. The van der Waals surface area contributed by atoms with Gasteiger partial charge in [-0.15, -0.1) is 0 Å². The van der Waals surface area contributed by atoms with Crippen LogP contribution in [0.25, 0.3) is 0 Å². The Labute approximate surface area is 115 Å². The minimum atomic E-state index is -0.345. The molecule has 0 aliphatic carbocycles. The Hall–Kier alpha value is -3.07. The number of carbonyl (C=O) groups excluding carboxylic acids is 1. The number of benzene rings is 1. The first kappa shape index (κ1) is 13.4. The minimum Gasteiger partial charge on any atom is -0.398 e. The van der Waals surface area contributed by atoms with Crippen molar-refractivity contribution in [2.75, 3.05) is 11.1 Å². The Balaban J connectivity index is 2.07. The van der Waals surface area contributed by atoms with Crippen molar-refractivity contribution in [1.29, 1.82) is 5.26 Å². The zero-order valence-electron chi connectivity index (χ0n) is 10.5. The van der Waals surface area contributed by atoms with Gasteiger partial charge in [-0.25, -0.2) is 0 Å². The number of nitrogen functional groups attached to an aromatic ring is 1. The fourth-order valence-electron chi connectivity index (χ4n) is 1.66. The molecule has 0 saturated heterocycles. The highest BCUT2D eigenvalue weighted by Crippen LogP contribution is 2.08. The van der Waals surface area contributed by atoms with Gasteiger partial charge in [0.1, 0.15) is 6.54 Å². The van der Waals surface area contributed by atoms with Crippen molar-refractivity contribution < 1.29 is 4.79 Å². The molecule has 0 atom stereocenters. The van der Waals surface area contributed by atoms with Gasteiger partial charge in [0.15, 0.2) is 0 Å². The number of rotatable bonds is 3. The summed E-state index contributed by atoms with van der Waals surface area (Å²) in [5.41, 5.74) is 6.75.